The Labute approximate surface area is 167 Å². The highest BCUT2D eigenvalue weighted by Gasteiger charge is 2.27. The lowest BCUT2D eigenvalue weighted by molar-refractivity contribution is 0.127. The van der Waals surface area contributed by atoms with Crippen molar-refractivity contribution in [2.45, 2.75) is 31.8 Å². The summed E-state index contributed by atoms with van der Waals surface area (Å²) in [6.07, 6.45) is 6.38. The average Bonchev–Trinajstić information content (AvgIpc) is 2.73. The van der Waals surface area contributed by atoms with E-state index >= 15 is 0 Å². The number of likely N-dealkylation sites (tertiary alicyclic amines) is 1. The number of urea groups is 1. The fourth-order valence-corrected chi connectivity index (χ4v) is 3.60. The van der Waals surface area contributed by atoms with Crippen LogP contribution in [0.4, 0.5) is 4.79 Å². The Hall–Kier alpha value is -2.60. The van der Waals surface area contributed by atoms with Gasteiger partial charge in [0.1, 0.15) is 5.75 Å². The van der Waals surface area contributed by atoms with E-state index < -0.39 is 0 Å². The van der Waals surface area contributed by atoms with E-state index in [-0.39, 0.29) is 12.1 Å². The number of ether oxygens (including phenoxy) is 1. The molecule has 6 heteroatoms. The first-order chi connectivity index (χ1) is 13.7. The lowest BCUT2D eigenvalue weighted by atomic mass is 10.0. The predicted octanol–water partition coefficient (Wildman–Crippen LogP) is 2.94. The molecule has 3 rings (SSSR count). The molecular formula is C22H30N4O2. The molecule has 0 saturated carbocycles. The Balaban J connectivity index is 1.60. The first-order valence-corrected chi connectivity index (χ1v) is 9.90. The molecule has 0 spiro atoms. The molecule has 2 amide bonds. The lowest BCUT2D eigenvalue weighted by Gasteiger charge is -2.37. The summed E-state index contributed by atoms with van der Waals surface area (Å²) in [4.78, 5) is 21.5. The molecule has 1 N–H and O–H groups in total. The van der Waals surface area contributed by atoms with Gasteiger partial charge in [0.2, 0.25) is 0 Å². The van der Waals surface area contributed by atoms with Crippen LogP contribution in [0.25, 0.3) is 0 Å². The van der Waals surface area contributed by atoms with Gasteiger partial charge in [-0.1, -0.05) is 18.2 Å². The molecule has 1 saturated heterocycles. The van der Waals surface area contributed by atoms with Crippen LogP contribution in [0, 0.1) is 0 Å². The molecule has 6 nitrogen and oxygen atoms in total. The number of methoxy groups -OCH3 is 1. The number of amides is 2. The maximum Gasteiger partial charge on any atom is 0.317 e. The van der Waals surface area contributed by atoms with Crippen molar-refractivity contribution in [2.24, 2.45) is 0 Å². The molecule has 1 aliphatic heterocycles. The van der Waals surface area contributed by atoms with E-state index in [9.17, 15) is 4.79 Å². The Morgan fingerprint density at radius 2 is 2.04 bits per heavy atom. The molecule has 0 radical (unpaired) electrons. The molecule has 1 aromatic heterocycles. The van der Waals surface area contributed by atoms with Crippen molar-refractivity contribution in [1.82, 2.24) is 20.1 Å². The zero-order chi connectivity index (χ0) is 19.8. The van der Waals surface area contributed by atoms with E-state index in [4.69, 9.17) is 4.74 Å². The number of pyridine rings is 1. The predicted molar refractivity (Wildman–Crippen MR) is 110 cm³/mol. The van der Waals surface area contributed by atoms with Crippen molar-refractivity contribution in [3.8, 4) is 5.75 Å². The summed E-state index contributed by atoms with van der Waals surface area (Å²) < 4.78 is 5.27. The lowest BCUT2D eigenvalue weighted by Crippen LogP contribution is -2.50. The van der Waals surface area contributed by atoms with Gasteiger partial charge >= 0.3 is 6.03 Å². The summed E-state index contributed by atoms with van der Waals surface area (Å²) in [6, 6.07) is 12.2. The maximum absolute atomic E-state index is 13.0. The Bertz CT molecular complexity index is 745. The third-order valence-electron chi connectivity index (χ3n) is 5.29. The van der Waals surface area contributed by atoms with Gasteiger partial charge in [0.25, 0.3) is 0 Å². The van der Waals surface area contributed by atoms with Gasteiger partial charge in [-0.15, -0.1) is 0 Å². The molecule has 28 heavy (non-hydrogen) atoms. The van der Waals surface area contributed by atoms with Crippen LogP contribution < -0.4 is 10.1 Å². The molecule has 1 aromatic carbocycles. The molecule has 1 aliphatic rings. The first kappa shape index (κ1) is 20.1. The standard InChI is InChI=1S/C22H30N4O2/c1-25-13-9-20(10-14-25)26(17-19-6-4-11-23-16-19)22(27)24-12-8-18-5-3-7-21(15-18)28-2/h3-7,11,15-16,20H,8-10,12-14,17H2,1-2H3,(H,24,27). The zero-order valence-electron chi connectivity index (χ0n) is 16.8. The topological polar surface area (TPSA) is 57.7 Å². The fourth-order valence-electron chi connectivity index (χ4n) is 3.60. The second kappa shape index (κ2) is 10.1. The van der Waals surface area contributed by atoms with Crippen molar-refractivity contribution in [1.29, 1.82) is 0 Å². The number of aromatic nitrogens is 1. The number of piperidine rings is 1. The van der Waals surface area contributed by atoms with Gasteiger partial charge in [0.15, 0.2) is 0 Å². The molecule has 0 unspecified atom stereocenters. The van der Waals surface area contributed by atoms with Crippen molar-refractivity contribution >= 4 is 6.03 Å². The van der Waals surface area contributed by atoms with Gasteiger partial charge in [-0.2, -0.15) is 0 Å². The normalized spacial score (nSPS) is 15.2. The van der Waals surface area contributed by atoms with Gasteiger partial charge in [-0.05, 0) is 68.7 Å². The number of carbonyl (C=O) groups is 1. The number of benzene rings is 1. The van der Waals surface area contributed by atoms with Crippen LogP contribution >= 0.6 is 0 Å². The van der Waals surface area contributed by atoms with Crippen LogP contribution in [0.15, 0.2) is 48.8 Å². The van der Waals surface area contributed by atoms with E-state index in [1.54, 1.807) is 13.3 Å². The molecule has 2 heterocycles. The van der Waals surface area contributed by atoms with Crippen LogP contribution in [0.1, 0.15) is 24.0 Å². The Morgan fingerprint density at radius 1 is 1.25 bits per heavy atom. The van der Waals surface area contributed by atoms with Gasteiger partial charge < -0.3 is 19.9 Å². The number of hydrogen-bond donors (Lipinski definition) is 1. The van der Waals surface area contributed by atoms with Crippen molar-refractivity contribution in [3.63, 3.8) is 0 Å². The van der Waals surface area contributed by atoms with Gasteiger partial charge in [-0.25, -0.2) is 4.79 Å². The summed E-state index contributed by atoms with van der Waals surface area (Å²) in [7, 11) is 3.80. The Morgan fingerprint density at radius 3 is 2.75 bits per heavy atom. The molecular weight excluding hydrogens is 352 g/mol. The smallest absolute Gasteiger partial charge is 0.317 e. The highest BCUT2D eigenvalue weighted by Crippen LogP contribution is 2.18. The number of nitrogens with zero attached hydrogens (tertiary/aromatic N) is 3. The molecule has 150 valence electrons. The highest BCUT2D eigenvalue weighted by atomic mass is 16.5. The van der Waals surface area contributed by atoms with Crippen molar-refractivity contribution < 1.29 is 9.53 Å². The zero-order valence-corrected chi connectivity index (χ0v) is 16.8. The van der Waals surface area contributed by atoms with Crippen molar-refractivity contribution in [2.75, 3.05) is 33.8 Å². The number of hydrogen-bond acceptors (Lipinski definition) is 4. The molecule has 0 aliphatic carbocycles. The molecule has 0 bridgehead atoms. The third kappa shape index (κ3) is 5.70. The highest BCUT2D eigenvalue weighted by molar-refractivity contribution is 5.74. The van der Waals surface area contributed by atoms with E-state index in [1.807, 2.05) is 41.4 Å². The van der Waals surface area contributed by atoms with Crippen LogP contribution in [0.3, 0.4) is 0 Å². The van der Waals surface area contributed by atoms with Gasteiger partial charge in [-0.3, -0.25) is 4.98 Å². The van der Waals surface area contributed by atoms with E-state index in [0.717, 1.165) is 49.2 Å². The SMILES string of the molecule is COc1cccc(CCNC(=O)N(Cc2cccnc2)C2CCN(C)CC2)c1. The van der Waals surface area contributed by atoms with Crippen LogP contribution in [-0.2, 0) is 13.0 Å². The minimum atomic E-state index is 0.00121. The van der Waals surface area contributed by atoms with E-state index in [2.05, 4.69) is 28.3 Å². The maximum atomic E-state index is 13.0. The van der Waals surface area contributed by atoms with Crippen LogP contribution in [0.2, 0.25) is 0 Å². The summed E-state index contributed by atoms with van der Waals surface area (Å²) >= 11 is 0. The summed E-state index contributed by atoms with van der Waals surface area (Å²) in [6.45, 7) is 3.23. The molecule has 0 atom stereocenters. The molecule has 2 aromatic rings. The Kier molecular flexibility index (Phi) is 7.25. The average molecular weight is 383 g/mol. The summed E-state index contributed by atoms with van der Waals surface area (Å²) in [5, 5.41) is 3.11. The van der Waals surface area contributed by atoms with Crippen molar-refractivity contribution in [3.05, 3.63) is 59.9 Å². The number of nitrogens with one attached hydrogen (secondary N) is 1. The first-order valence-electron chi connectivity index (χ1n) is 9.90. The second-order valence-corrected chi connectivity index (χ2v) is 7.36. The van der Waals surface area contributed by atoms with Gasteiger partial charge in [0, 0.05) is 31.5 Å². The second-order valence-electron chi connectivity index (χ2n) is 7.36. The largest absolute Gasteiger partial charge is 0.497 e. The fraction of sp³-hybridized carbons (Fsp3) is 0.455. The van der Waals surface area contributed by atoms with E-state index in [0.29, 0.717) is 13.1 Å². The summed E-state index contributed by atoms with van der Waals surface area (Å²) in [5.74, 6) is 0.841. The van der Waals surface area contributed by atoms with Gasteiger partial charge in [0.05, 0.1) is 7.11 Å². The summed E-state index contributed by atoms with van der Waals surface area (Å²) in [5.41, 5.74) is 2.21. The molecule has 1 fully saturated rings. The quantitative estimate of drug-likeness (QED) is 0.800. The number of carbonyl (C=O) groups excluding carboxylic acids is 1. The minimum Gasteiger partial charge on any atom is -0.497 e. The van der Waals surface area contributed by atoms with Crippen LogP contribution in [-0.4, -0.2) is 60.6 Å². The minimum absolute atomic E-state index is 0.00121. The third-order valence-corrected chi connectivity index (χ3v) is 5.29. The van der Waals surface area contributed by atoms with Crippen LogP contribution in [0.5, 0.6) is 5.75 Å². The van der Waals surface area contributed by atoms with E-state index in [1.165, 1.54) is 0 Å². The number of rotatable bonds is 7. The monoisotopic (exact) mass is 382 g/mol.